The lowest BCUT2D eigenvalue weighted by atomic mass is 10.0. The molecule has 0 aliphatic carbocycles. The predicted molar refractivity (Wildman–Crippen MR) is 93.3 cm³/mol. The Hall–Kier alpha value is -2.19. The minimum Gasteiger partial charge on any atom is -0.351 e. The van der Waals surface area contributed by atoms with Crippen LogP contribution in [0.25, 0.3) is 0 Å². The molecule has 2 fully saturated rings. The third-order valence-electron chi connectivity index (χ3n) is 4.05. The van der Waals surface area contributed by atoms with E-state index >= 15 is 0 Å². The number of nitrogens with zero attached hydrogens (tertiary/aromatic N) is 4. The number of anilines is 3. The molecule has 0 bridgehead atoms. The van der Waals surface area contributed by atoms with Crippen LogP contribution >= 0.6 is 0 Å². The van der Waals surface area contributed by atoms with E-state index in [1.807, 2.05) is 0 Å². The Morgan fingerprint density at radius 3 is 2.00 bits per heavy atom. The Labute approximate surface area is 142 Å². The van der Waals surface area contributed by atoms with Gasteiger partial charge >= 0.3 is 0 Å². The largest absolute Gasteiger partial charge is 0.351 e. The molecule has 130 valence electrons. The van der Waals surface area contributed by atoms with Crippen molar-refractivity contribution >= 4 is 17.8 Å². The van der Waals surface area contributed by atoms with Crippen LogP contribution in [0.15, 0.2) is 25.3 Å². The molecule has 3 heterocycles. The average Bonchev–Trinajstić information content (AvgIpc) is 3.06. The van der Waals surface area contributed by atoms with Gasteiger partial charge in [0.25, 0.3) is 0 Å². The van der Waals surface area contributed by atoms with Gasteiger partial charge in [-0.15, -0.1) is 13.2 Å². The van der Waals surface area contributed by atoms with E-state index in [0.717, 1.165) is 25.9 Å². The fourth-order valence-corrected chi connectivity index (χ4v) is 2.82. The minimum absolute atomic E-state index is 0.405. The third-order valence-corrected chi connectivity index (χ3v) is 4.05. The summed E-state index contributed by atoms with van der Waals surface area (Å²) in [5.74, 6) is 1.30. The maximum absolute atomic E-state index is 5.77. The zero-order valence-electron chi connectivity index (χ0n) is 13.8. The Kier molecular flexibility index (Phi) is 5.27. The van der Waals surface area contributed by atoms with Crippen molar-refractivity contribution in [2.45, 2.75) is 18.6 Å². The van der Waals surface area contributed by atoms with E-state index in [9.17, 15) is 0 Å². The Bertz CT molecular complexity index is 548. The van der Waals surface area contributed by atoms with Crippen LogP contribution < -0.4 is 15.5 Å². The summed E-state index contributed by atoms with van der Waals surface area (Å²) in [6, 6.07) is 0. The normalized spacial score (nSPS) is 19.2. The number of aromatic nitrogens is 3. The molecule has 24 heavy (non-hydrogen) atoms. The fraction of sp³-hybridized carbons (Fsp3) is 0.562. The van der Waals surface area contributed by atoms with E-state index in [1.54, 1.807) is 12.2 Å². The minimum atomic E-state index is -0.405. The zero-order chi connectivity index (χ0) is 16.8. The number of ether oxygens (including phenoxy) is 2. The Balaban J connectivity index is 1.73. The first kappa shape index (κ1) is 16.7. The van der Waals surface area contributed by atoms with Gasteiger partial charge in [-0.1, -0.05) is 12.2 Å². The van der Waals surface area contributed by atoms with Crippen molar-refractivity contribution < 1.29 is 9.47 Å². The van der Waals surface area contributed by atoms with Crippen LogP contribution in [-0.4, -0.2) is 60.1 Å². The van der Waals surface area contributed by atoms with Gasteiger partial charge in [-0.2, -0.15) is 15.0 Å². The topological polar surface area (TPSA) is 84.4 Å². The summed E-state index contributed by atoms with van der Waals surface area (Å²) in [6.45, 7) is 11.5. The molecule has 1 spiro atoms. The number of rotatable bonds is 7. The summed E-state index contributed by atoms with van der Waals surface area (Å²) < 4.78 is 11.5. The summed E-state index contributed by atoms with van der Waals surface area (Å²) in [5, 5.41) is 6.23. The fourth-order valence-electron chi connectivity index (χ4n) is 2.82. The molecule has 2 aliphatic rings. The second-order valence-corrected chi connectivity index (χ2v) is 5.72. The van der Waals surface area contributed by atoms with E-state index in [1.165, 1.54) is 0 Å². The molecule has 2 saturated heterocycles. The van der Waals surface area contributed by atoms with Gasteiger partial charge in [-0.25, -0.2) is 0 Å². The van der Waals surface area contributed by atoms with Gasteiger partial charge in [0.1, 0.15) is 0 Å². The van der Waals surface area contributed by atoms with E-state index in [2.05, 4.69) is 43.6 Å². The molecular formula is C16H24N6O2. The van der Waals surface area contributed by atoms with Crippen molar-refractivity contribution in [3.05, 3.63) is 25.3 Å². The van der Waals surface area contributed by atoms with Crippen molar-refractivity contribution in [3.8, 4) is 0 Å². The van der Waals surface area contributed by atoms with Crippen LogP contribution in [-0.2, 0) is 9.47 Å². The van der Waals surface area contributed by atoms with Gasteiger partial charge in [0.05, 0.1) is 13.2 Å². The first-order valence-corrected chi connectivity index (χ1v) is 8.23. The molecule has 8 nitrogen and oxygen atoms in total. The maximum Gasteiger partial charge on any atom is 0.231 e. The van der Waals surface area contributed by atoms with Crippen LogP contribution in [0, 0.1) is 0 Å². The Morgan fingerprint density at radius 2 is 1.50 bits per heavy atom. The lowest BCUT2D eigenvalue weighted by Gasteiger charge is -2.37. The molecule has 2 N–H and O–H groups in total. The van der Waals surface area contributed by atoms with Gasteiger partial charge in [-0.3, -0.25) is 0 Å². The molecule has 0 radical (unpaired) electrons. The highest BCUT2D eigenvalue weighted by molar-refractivity contribution is 5.44. The maximum atomic E-state index is 5.77. The van der Waals surface area contributed by atoms with E-state index in [4.69, 9.17) is 9.47 Å². The van der Waals surface area contributed by atoms with Gasteiger partial charge in [-0.05, 0) is 0 Å². The monoisotopic (exact) mass is 332 g/mol. The molecule has 0 amide bonds. The average molecular weight is 332 g/mol. The summed E-state index contributed by atoms with van der Waals surface area (Å²) in [6.07, 6.45) is 5.15. The number of hydrogen-bond donors (Lipinski definition) is 2. The summed E-state index contributed by atoms with van der Waals surface area (Å²) in [7, 11) is 0. The van der Waals surface area contributed by atoms with Gasteiger partial charge in [0.2, 0.25) is 17.8 Å². The van der Waals surface area contributed by atoms with E-state index in [0.29, 0.717) is 44.1 Å². The molecule has 8 heteroatoms. The van der Waals surface area contributed by atoms with E-state index < -0.39 is 5.79 Å². The zero-order valence-corrected chi connectivity index (χ0v) is 13.8. The van der Waals surface area contributed by atoms with Crippen molar-refractivity contribution in [2.24, 2.45) is 0 Å². The highest BCUT2D eigenvalue weighted by Crippen LogP contribution is 2.32. The Morgan fingerprint density at radius 1 is 0.958 bits per heavy atom. The van der Waals surface area contributed by atoms with Crippen molar-refractivity contribution in [1.29, 1.82) is 0 Å². The quantitative estimate of drug-likeness (QED) is 0.725. The lowest BCUT2D eigenvalue weighted by molar-refractivity contribution is -0.169. The first-order chi connectivity index (χ1) is 11.7. The van der Waals surface area contributed by atoms with Gasteiger partial charge in [0.15, 0.2) is 5.79 Å². The highest BCUT2D eigenvalue weighted by Gasteiger charge is 2.40. The predicted octanol–water partition coefficient (Wildman–Crippen LogP) is 1.41. The SMILES string of the molecule is C=CCNc1nc(NCC=C)nc(N2CCC3(CC2)OCCO3)n1. The molecule has 3 rings (SSSR count). The molecule has 0 saturated carbocycles. The molecule has 1 aromatic rings. The van der Waals surface area contributed by atoms with Crippen LogP contribution in [0.3, 0.4) is 0 Å². The molecule has 1 aromatic heterocycles. The molecule has 0 aromatic carbocycles. The van der Waals surface area contributed by atoms with Crippen LogP contribution in [0.5, 0.6) is 0 Å². The smallest absolute Gasteiger partial charge is 0.231 e. The molecule has 2 aliphatic heterocycles. The number of piperidine rings is 1. The lowest BCUT2D eigenvalue weighted by Crippen LogP contribution is -2.45. The highest BCUT2D eigenvalue weighted by atomic mass is 16.7. The van der Waals surface area contributed by atoms with E-state index in [-0.39, 0.29) is 0 Å². The first-order valence-electron chi connectivity index (χ1n) is 8.23. The van der Waals surface area contributed by atoms with Crippen molar-refractivity contribution in [3.63, 3.8) is 0 Å². The van der Waals surface area contributed by atoms with Gasteiger partial charge < -0.3 is 25.0 Å². The van der Waals surface area contributed by atoms with Crippen LogP contribution in [0.4, 0.5) is 17.8 Å². The van der Waals surface area contributed by atoms with Gasteiger partial charge in [0, 0.05) is 39.0 Å². The summed E-state index contributed by atoms with van der Waals surface area (Å²) in [4.78, 5) is 15.5. The summed E-state index contributed by atoms with van der Waals surface area (Å²) in [5.41, 5.74) is 0. The second kappa shape index (κ2) is 7.59. The number of hydrogen-bond acceptors (Lipinski definition) is 8. The van der Waals surface area contributed by atoms with Crippen molar-refractivity contribution in [1.82, 2.24) is 15.0 Å². The van der Waals surface area contributed by atoms with Crippen molar-refractivity contribution in [2.75, 3.05) is 54.9 Å². The van der Waals surface area contributed by atoms with Crippen LogP contribution in [0.2, 0.25) is 0 Å². The number of nitrogens with one attached hydrogen (secondary N) is 2. The molecule has 0 atom stereocenters. The molecular weight excluding hydrogens is 308 g/mol. The standard InChI is InChI=1S/C16H24N6O2/c1-3-7-17-13-19-14(18-8-4-2)21-15(20-13)22-9-5-16(6-10-22)23-11-12-24-16/h3-4H,1-2,5-12H2,(H2,17,18,19,20,21). The second-order valence-electron chi connectivity index (χ2n) is 5.72. The van der Waals surface area contributed by atoms with Crippen LogP contribution in [0.1, 0.15) is 12.8 Å². The molecule has 0 unspecified atom stereocenters. The summed E-state index contributed by atoms with van der Waals surface area (Å²) >= 11 is 0. The third kappa shape index (κ3) is 3.82.